The van der Waals surface area contributed by atoms with Gasteiger partial charge in [0.2, 0.25) is 5.91 Å². The van der Waals surface area contributed by atoms with Crippen LogP contribution in [0.25, 0.3) is 0 Å². The molecule has 0 bridgehead atoms. The average Bonchev–Trinajstić information content (AvgIpc) is 3.30. The molecule has 3 saturated heterocycles. The Balaban J connectivity index is 1.44. The van der Waals surface area contributed by atoms with Gasteiger partial charge in [-0.1, -0.05) is 6.07 Å². The number of nitrogens with zero attached hydrogens (tertiary/aromatic N) is 4. The Labute approximate surface area is 151 Å². The molecule has 5 heteroatoms. The van der Waals surface area contributed by atoms with Gasteiger partial charge in [-0.25, -0.2) is 4.98 Å². The predicted octanol–water partition coefficient (Wildman–Crippen LogP) is 2.38. The maximum Gasteiger partial charge on any atom is 0.227 e. The van der Waals surface area contributed by atoms with E-state index >= 15 is 0 Å². The maximum absolute atomic E-state index is 13.3. The Bertz CT molecular complexity index is 593. The molecule has 1 amide bonds. The molecule has 0 radical (unpaired) electrons. The Morgan fingerprint density at radius 1 is 1.04 bits per heavy atom. The highest BCUT2D eigenvalue weighted by atomic mass is 16.2. The standard InChI is InChI=1S/C20H30N4O/c1-22-12-5-8-17(22)18-9-6-14-24(18)20(25)16-7-4-13-23(15-16)19-10-2-3-11-21-19/h2-3,10-11,16-18H,4-9,12-15H2,1H3/t16-,17-,18+/m1/s1. The number of hydrogen-bond acceptors (Lipinski definition) is 4. The van der Waals surface area contributed by atoms with Crippen LogP contribution in [-0.4, -0.2) is 66.0 Å². The van der Waals surface area contributed by atoms with Crippen molar-refractivity contribution in [2.45, 2.75) is 50.6 Å². The minimum atomic E-state index is 0.128. The van der Waals surface area contributed by atoms with Gasteiger partial charge in [0, 0.05) is 37.9 Å². The molecule has 4 heterocycles. The van der Waals surface area contributed by atoms with E-state index in [2.05, 4.69) is 32.8 Å². The van der Waals surface area contributed by atoms with E-state index in [-0.39, 0.29) is 5.92 Å². The molecule has 0 aliphatic carbocycles. The molecule has 1 aromatic heterocycles. The first-order chi connectivity index (χ1) is 12.2. The summed E-state index contributed by atoms with van der Waals surface area (Å²) >= 11 is 0. The van der Waals surface area contributed by atoms with Crippen LogP contribution in [0.5, 0.6) is 0 Å². The molecule has 4 rings (SSSR count). The van der Waals surface area contributed by atoms with Crippen molar-refractivity contribution in [3.8, 4) is 0 Å². The van der Waals surface area contributed by atoms with Gasteiger partial charge in [0.15, 0.2) is 0 Å². The van der Waals surface area contributed by atoms with Crippen molar-refractivity contribution < 1.29 is 4.79 Å². The first kappa shape index (κ1) is 16.8. The number of carbonyl (C=O) groups is 1. The summed E-state index contributed by atoms with van der Waals surface area (Å²) in [5.74, 6) is 1.53. The molecular formula is C20H30N4O. The van der Waals surface area contributed by atoms with Gasteiger partial charge in [0.05, 0.1) is 5.92 Å². The fourth-order valence-corrected chi connectivity index (χ4v) is 5.05. The summed E-state index contributed by atoms with van der Waals surface area (Å²) in [6.07, 6.45) is 8.80. The third kappa shape index (κ3) is 3.39. The molecular weight excluding hydrogens is 312 g/mol. The molecule has 0 aromatic carbocycles. The Morgan fingerprint density at radius 3 is 2.60 bits per heavy atom. The number of hydrogen-bond donors (Lipinski definition) is 0. The minimum absolute atomic E-state index is 0.128. The van der Waals surface area contributed by atoms with E-state index in [0.717, 1.165) is 44.7 Å². The lowest BCUT2D eigenvalue weighted by Crippen LogP contribution is -2.51. The fourth-order valence-electron chi connectivity index (χ4n) is 5.05. The molecule has 136 valence electrons. The summed E-state index contributed by atoms with van der Waals surface area (Å²) < 4.78 is 0. The molecule has 0 unspecified atom stereocenters. The molecule has 5 nitrogen and oxygen atoms in total. The normalized spacial score (nSPS) is 30.8. The third-order valence-corrected chi connectivity index (χ3v) is 6.35. The lowest BCUT2D eigenvalue weighted by atomic mass is 9.95. The van der Waals surface area contributed by atoms with Crippen molar-refractivity contribution in [1.29, 1.82) is 0 Å². The number of piperidine rings is 1. The summed E-state index contributed by atoms with van der Waals surface area (Å²) in [7, 11) is 2.22. The topological polar surface area (TPSA) is 39.7 Å². The van der Waals surface area contributed by atoms with Crippen LogP contribution in [0.15, 0.2) is 24.4 Å². The van der Waals surface area contributed by atoms with Crippen molar-refractivity contribution in [1.82, 2.24) is 14.8 Å². The van der Waals surface area contributed by atoms with Gasteiger partial charge in [0.25, 0.3) is 0 Å². The second kappa shape index (κ2) is 7.32. The molecule has 3 aliphatic heterocycles. The van der Waals surface area contributed by atoms with E-state index in [0.29, 0.717) is 18.0 Å². The van der Waals surface area contributed by atoms with Crippen molar-refractivity contribution >= 4 is 11.7 Å². The number of pyridine rings is 1. The quantitative estimate of drug-likeness (QED) is 0.846. The van der Waals surface area contributed by atoms with Gasteiger partial charge in [-0.15, -0.1) is 0 Å². The highest BCUT2D eigenvalue weighted by Gasteiger charge is 2.41. The number of amides is 1. The summed E-state index contributed by atoms with van der Waals surface area (Å²) in [4.78, 5) is 24.8. The zero-order chi connectivity index (χ0) is 17.2. The Hall–Kier alpha value is -1.62. The molecule has 3 fully saturated rings. The van der Waals surface area contributed by atoms with Crippen LogP contribution >= 0.6 is 0 Å². The molecule has 1 aromatic rings. The van der Waals surface area contributed by atoms with Crippen molar-refractivity contribution in [2.75, 3.05) is 38.1 Å². The summed E-state index contributed by atoms with van der Waals surface area (Å²) in [5.41, 5.74) is 0. The Morgan fingerprint density at radius 2 is 1.84 bits per heavy atom. The second-order valence-electron chi connectivity index (χ2n) is 7.90. The van der Waals surface area contributed by atoms with Crippen molar-refractivity contribution in [3.63, 3.8) is 0 Å². The van der Waals surface area contributed by atoms with E-state index in [1.54, 1.807) is 0 Å². The highest BCUT2D eigenvalue weighted by Crippen LogP contribution is 2.32. The van der Waals surface area contributed by atoms with Gasteiger partial charge in [-0.3, -0.25) is 4.79 Å². The second-order valence-corrected chi connectivity index (χ2v) is 7.90. The Kier molecular flexibility index (Phi) is 4.93. The third-order valence-electron chi connectivity index (χ3n) is 6.35. The molecule has 0 saturated carbocycles. The predicted molar refractivity (Wildman–Crippen MR) is 99.6 cm³/mol. The van der Waals surface area contributed by atoms with E-state index < -0.39 is 0 Å². The van der Waals surface area contributed by atoms with Crippen LogP contribution in [0.2, 0.25) is 0 Å². The lowest BCUT2D eigenvalue weighted by Gasteiger charge is -2.38. The molecule has 3 aliphatic rings. The monoisotopic (exact) mass is 342 g/mol. The van der Waals surface area contributed by atoms with Crippen molar-refractivity contribution in [3.05, 3.63) is 24.4 Å². The number of likely N-dealkylation sites (tertiary alicyclic amines) is 2. The van der Waals surface area contributed by atoms with Crippen LogP contribution in [-0.2, 0) is 4.79 Å². The zero-order valence-electron chi connectivity index (χ0n) is 15.3. The van der Waals surface area contributed by atoms with Gasteiger partial charge in [0.1, 0.15) is 5.82 Å². The number of carbonyl (C=O) groups excluding carboxylic acids is 1. The molecule has 0 N–H and O–H groups in total. The molecule has 25 heavy (non-hydrogen) atoms. The lowest BCUT2D eigenvalue weighted by molar-refractivity contribution is -0.137. The first-order valence-corrected chi connectivity index (χ1v) is 9.91. The average molecular weight is 342 g/mol. The van der Waals surface area contributed by atoms with Crippen LogP contribution in [0.3, 0.4) is 0 Å². The van der Waals surface area contributed by atoms with E-state index in [1.807, 2.05) is 18.3 Å². The van der Waals surface area contributed by atoms with E-state index in [9.17, 15) is 4.79 Å². The van der Waals surface area contributed by atoms with Crippen LogP contribution in [0.4, 0.5) is 5.82 Å². The van der Waals surface area contributed by atoms with Gasteiger partial charge in [-0.05, 0) is 64.3 Å². The van der Waals surface area contributed by atoms with Gasteiger partial charge < -0.3 is 14.7 Å². The van der Waals surface area contributed by atoms with Gasteiger partial charge >= 0.3 is 0 Å². The van der Waals surface area contributed by atoms with Crippen LogP contribution < -0.4 is 4.90 Å². The van der Waals surface area contributed by atoms with Crippen LogP contribution in [0, 0.1) is 5.92 Å². The molecule has 0 spiro atoms. The number of aromatic nitrogens is 1. The summed E-state index contributed by atoms with van der Waals surface area (Å²) in [6.45, 7) is 3.96. The number of likely N-dealkylation sites (N-methyl/N-ethyl adjacent to an activating group) is 1. The van der Waals surface area contributed by atoms with E-state index in [4.69, 9.17) is 0 Å². The SMILES string of the molecule is CN1CCC[C@@H]1[C@@H]1CCCN1C(=O)[C@@H]1CCCN(c2ccccn2)C1. The fraction of sp³-hybridized carbons (Fsp3) is 0.700. The highest BCUT2D eigenvalue weighted by molar-refractivity contribution is 5.80. The van der Waals surface area contributed by atoms with E-state index in [1.165, 1.54) is 25.8 Å². The largest absolute Gasteiger partial charge is 0.356 e. The number of rotatable bonds is 3. The van der Waals surface area contributed by atoms with Gasteiger partial charge in [-0.2, -0.15) is 0 Å². The summed E-state index contributed by atoms with van der Waals surface area (Å²) in [5, 5.41) is 0. The first-order valence-electron chi connectivity index (χ1n) is 9.91. The zero-order valence-corrected chi connectivity index (χ0v) is 15.3. The summed E-state index contributed by atoms with van der Waals surface area (Å²) in [6, 6.07) is 7.04. The number of anilines is 1. The molecule has 3 atom stereocenters. The maximum atomic E-state index is 13.3. The smallest absolute Gasteiger partial charge is 0.227 e. The van der Waals surface area contributed by atoms with Crippen LogP contribution in [0.1, 0.15) is 38.5 Å². The van der Waals surface area contributed by atoms with Crippen molar-refractivity contribution in [2.24, 2.45) is 5.92 Å². The minimum Gasteiger partial charge on any atom is -0.356 e.